The summed E-state index contributed by atoms with van der Waals surface area (Å²) in [6, 6.07) is -0.950. The van der Waals surface area contributed by atoms with Crippen molar-refractivity contribution in [3.8, 4) is 0 Å². The maximum absolute atomic E-state index is 9.37. The Labute approximate surface area is 70.9 Å². The molecule has 1 heterocycles. The molecule has 1 saturated heterocycles. The molecular formula is C7H15NO4. The van der Waals surface area contributed by atoms with E-state index in [0.29, 0.717) is 0 Å². The van der Waals surface area contributed by atoms with Crippen LogP contribution in [0, 0.1) is 0 Å². The molecule has 1 rings (SSSR count). The lowest BCUT2D eigenvalue weighted by molar-refractivity contribution is 0.0130. The van der Waals surface area contributed by atoms with Gasteiger partial charge in [-0.1, -0.05) is 0 Å². The molecule has 1 aliphatic rings. The van der Waals surface area contributed by atoms with E-state index in [1.807, 2.05) is 0 Å². The Morgan fingerprint density at radius 2 is 1.33 bits per heavy atom. The van der Waals surface area contributed by atoms with E-state index in [1.54, 1.807) is 11.9 Å². The molecule has 0 radical (unpaired) electrons. The summed E-state index contributed by atoms with van der Waals surface area (Å²) in [6.07, 6.45) is -1.95. The number of hydrogen-bond donors (Lipinski definition) is 4. The quantitative estimate of drug-likeness (QED) is 0.371. The zero-order valence-corrected chi connectivity index (χ0v) is 6.96. The Morgan fingerprint density at radius 3 is 1.50 bits per heavy atom. The Balaban J connectivity index is 2.71. The molecule has 4 N–H and O–H groups in total. The molecule has 4 atom stereocenters. The number of likely N-dealkylation sites (tertiary alicyclic amines) is 1. The molecule has 0 saturated carbocycles. The fourth-order valence-corrected chi connectivity index (χ4v) is 1.66. The van der Waals surface area contributed by atoms with Crippen LogP contribution in [0.2, 0.25) is 0 Å². The molecule has 1 fully saturated rings. The third kappa shape index (κ3) is 1.34. The first-order valence-electron chi connectivity index (χ1n) is 3.93. The topological polar surface area (TPSA) is 84.2 Å². The molecule has 0 aromatic carbocycles. The first kappa shape index (κ1) is 9.88. The zero-order chi connectivity index (χ0) is 9.30. The Hall–Kier alpha value is -0.200. The highest BCUT2D eigenvalue weighted by molar-refractivity contribution is 4.98. The van der Waals surface area contributed by atoms with Crippen molar-refractivity contribution in [1.29, 1.82) is 0 Å². The summed E-state index contributed by atoms with van der Waals surface area (Å²) in [5, 5.41) is 36.4. The van der Waals surface area contributed by atoms with Crippen LogP contribution in [0.5, 0.6) is 0 Å². The van der Waals surface area contributed by atoms with Crippen LogP contribution in [0.3, 0.4) is 0 Å². The van der Waals surface area contributed by atoms with Gasteiger partial charge in [0.25, 0.3) is 0 Å². The maximum Gasteiger partial charge on any atom is 0.0992 e. The predicted octanol–water partition coefficient (Wildman–Crippen LogP) is -2.62. The van der Waals surface area contributed by atoms with E-state index < -0.39 is 24.3 Å². The van der Waals surface area contributed by atoms with Gasteiger partial charge in [0, 0.05) is 0 Å². The number of aliphatic hydroxyl groups excluding tert-OH is 4. The third-order valence-electron chi connectivity index (χ3n) is 2.56. The van der Waals surface area contributed by atoms with E-state index in [2.05, 4.69) is 0 Å². The van der Waals surface area contributed by atoms with Gasteiger partial charge < -0.3 is 20.4 Å². The first-order chi connectivity index (χ1) is 5.63. The number of likely N-dealkylation sites (N-methyl/N-ethyl adjacent to an activating group) is 1. The summed E-state index contributed by atoms with van der Waals surface area (Å²) in [5.74, 6) is 0. The van der Waals surface area contributed by atoms with Gasteiger partial charge >= 0.3 is 0 Å². The summed E-state index contributed by atoms with van der Waals surface area (Å²) in [7, 11) is 1.65. The molecule has 0 aliphatic carbocycles. The first-order valence-corrected chi connectivity index (χ1v) is 3.93. The predicted molar refractivity (Wildman–Crippen MR) is 41.5 cm³/mol. The molecular weight excluding hydrogens is 162 g/mol. The third-order valence-corrected chi connectivity index (χ3v) is 2.56. The van der Waals surface area contributed by atoms with Crippen molar-refractivity contribution in [3.05, 3.63) is 0 Å². The molecule has 72 valence electrons. The minimum Gasteiger partial charge on any atom is -0.395 e. The van der Waals surface area contributed by atoms with Gasteiger partial charge in [-0.05, 0) is 7.05 Å². The largest absolute Gasteiger partial charge is 0.395 e. The van der Waals surface area contributed by atoms with Gasteiger partial charge in [-0.15, -0.1) is 0 Å². The fourth-order valence-electron chi connectivity index (χ4n) is 1.66. The molecule has 0 amide bonds. The van der Waals surface area contributed by atoms with Gasteiger partial charge in [0.15, 0.2) is 0 Å². The summed E-state index contributed by atoms with van der Waals surface area (Å²) in [5.41, 5.74) is 0. The number of hydrogen-bond acceptors (Lipinski definition) is 5. The van der Waals surface area contributed by atoms with Gasteiger partial charge in [-0.3, -0.25) is 4.90 Å². The summed E-state index contributed by atoms with van der Waals surface area (Å²) in [6.45, 7) is -0.434. The Morgan fingerprint density at radius 1 is 1.00 bits per heavy atom. The van der Waals surface area contributed by atoms with Crippen molar-refractivity contribution in [3.63, 3.8) is 0 Å². The van der Waals surface area contributed by atoms with E-state index >= 15 is 0 Å². The monoisotopic (exact) mass is 177 g/mol. The highest BCUT2D eigenvalue weighted by Gasteiger charge is 2.44. The van der Waals surface area contributed by atoms with Crippen LogP contribution < -0.4 is 0 Å². The van der Waals surface area contributed by atoms with Crippen LogP contribution in [0.4, 0.5) is 0 Å². The van der Waals surface area contributed by atoms with Crippen LogP contribution in [0.15, 0.2) is 0 Å². The average Bonchev–Trinajstić information content (AvgIpc) is 2.25. The number of rotatable bonds is 2. The van der Waals surface area contributed by atoms with E-state index in [-0.39, 0.29) is 13.2 Å². The van der Waals surface area contributed by atoms with Gasteiger partial charge in [0.2, 0.25) is 0 Å². The van der Waals surface area contributed by atoms with E-state index in [1.165, 1.54) is 0 Å². The average molecular weight is 177 g/mol. The van der Waals surface area contributed by atoms with Gasteiger partial charge in [0.1, 0.15) is 0 Å². The summed E-state index contributed by atoms with van der Waals surface area (Å²) in [4.78, 5) is 1.59. The number of aliphatic hydroxyl groups is 4. The smallest absolute Gasteiger partial charge is 0.0992 e. The van der Waals surface area contributed by atoms with Crippen LogP contribution >= 0.6 is 0 Å². The van der Waals surface area contributed by atoms with Crippen molar-refractivity contribution in [2.75, 3.05) is 20.3 Å². The highest BCUT2D eigenvalue weighted by atomic mass is 16.3. The summed E-state index contributed by atoms with van der Waals surface area (Å²) < 4.78 is 0. The van der Waals surface area contributed by atoms with Crippen LogP contribution in [0.25, 0.3) is 0 Å². The SMILES string of the molecule is CN1[C@H](CO)[C@H](O)[C@H](O)[C@H]1CO. The van der Waals surface area contributed by atoms with Crippen molar-refractivity contribution in [2.24, 2.45) is 0 Å². The molecule has 1 aliphatic heterocycles. The van der Waals surface area contributed by atoms with Crippen LogP contribution in [-0.2, 0) is 0 Å². The van der Waals surface area contributed by atoms with Crippen LogP contribution in [0.1, 0.15) is 0 Å². The van der Waals surface area contributed by atoms with Crippen molar-refractivity contribution >= 4 is 0 Å². The van der Waals surface area contributed by atoms with E-state index in [4.69, 9.17) is 10.2 Å². The van der Waals surface area contributed by atoms with Gasteiger partial charge in [0.05, 0.1) is 37.5 Å². The number of nitrogens with zero attached hydrogens (tertiary/aromatic N) is 1. The molecule has 0 unspecified atom stereocenters. The minimum atomic E-state index is -0.975. The standard InChI is InChI=1S/C7H15NO4/c1-8-4(2-9)6(11)7(12)5(8)3-10/h4-7,9-12H,2-3H2,1H3/t4-,5-,6-,7+/m1/s1. The Bertz CT molecular complexity index is 138. The lowest BCUT2D eigenvalue weighted by Crippen LogP contribution is -2.39. The lowest BCUT2D eigenvalue weighted by atomic mass is 10.1. The lowest BCUT2D eigenvalue weighted by Gasteiger charge is -2.22. The maximum atomic E-state index is 9.37. The molecule has 5 nitrogen and oxygen atoms in total. The molecule has 0 aromatic rings. The van der Waals surface area contributed by atoms with Crippen LogP contribution in [-0.4, -0.2) is 69.9 Å². The molecule has 12 heavy (non-hydrogen) atoms. The van der Waals surface area contributed by atoms with Crippen molar-refractivity contribution in [1.82, 2.24) is 4.90 Å². The second-order valence-electron chi connectivity index (χ2n) is 3.15. The van der Waals surface area contributed by atoms with Gasteiger partial charge in [-0.2, -0.15) is 0 Å². The van der Waals surface area contributed by atoms with Gasteiger partial charge in [-0.25, -0.2) is 0 Å². The Kier molecular flexibility index (Phi) is 3.03. The second-order valence-corrected chi connectivity index (χ2v) is 3.15. The molecule has 0 aromatic heterocycles. The molecule has 0 bridgehead atoms. The second kappa shape index (κ2) is 3.68. The zero-order valence-electron chi connectivity index (χ0n) is 6.96. The highest BCUT2D eigenvalue weighted by Crippen LogP contribution is 2.22. The fraction of sp³-hybridized carbons (Fsp3) is 1.00. The van der Waals surface area contributed by atoms with E-state index in [0.717, 1.165) is 0 Å². The molecule has 0 spiro atoms. The molecule has 5 heteroatoms. The normalized spacial score (nSPS) is 43.8. The van der Waals surface area contributed by atoms with E-state index in [9.17, 15) is 10.2 Å². The summed E-state index contributed by atoms with van der Waals surface area (Å²) >= 11 is 0. The van der Waals surface area contributed by atoms with Crippen molar-refractivity contribution in [2.45, 2.75) is 24.3 Å². The van der Waals surface area contributed by atoms with Crippen molar-refractivity contribution < 1.29 is 20.4 Å². The minimum absolute atomic E-state index is 0.217.